The summed E-state index contributed by atoms with van der Waals surface area (Å²) >= 11 is 0. The largest absolute Gasteiger partial charge is 0.336 e. The molecule has 0 unspecified atom stereocenters. The van der Waals surface area contributed by atoms with E-state index in [9.17, 15) is 4.79 Å². The molecular weight excluding hydrogens is 304 g/mol. The van der Waals surface area contributed by atoms with E-state index in [1.165, 1.54) is 0 Å². The van der Waals surface area contributed by atoms with E-state index in [-0.39, 0.29) is 12.1 Å². The van der Waals surface area contributed by atoms with Gasteiger partial charge in [-0.2, -0.15) is 5.10 Å². The summed E-state index contributed by atoms with van der Waals surface area (Å²) in [7, 11) is 3.48. The van der Waals surface area contributed by atoms with Gasteiger partial charge in [0.2, 0.25) is 0 Å². The van der Waals surface area contributed by atoms with E-state index in [1.54, 1.807) is 19.0 Å². The lowest BCUT2D eigenvalue weighted by atomic mass is 10.1. The molecule has 0 spiro atoms. The number of nitrogens with zero attached hydrogens (tertiary/aromatic N) is 5. The van der Waals surface area contributed by atoms with Crippen molar-refractivity contribution >= 4 is 6.03 Å². The van der Waals surface area contributed by atoms with Crippen LogP contribution in [-0.4, -0.2) is 57.8 Å². The van der Waals surface area contributed by atoms with E-state index in [1.807, 2.05) is 36.0 Å². The maximum absolute atomic E-state index is 11.8. The maximum atomic E-state index is 11.8. The summed E-state index contributed by atoms with van der Waals surface area (Å²) in [5.41, 5.74) is 3.27. The molecular formula is C17H24N6O. The van der Waals surface area contributed by atoms with Crippen molar-refractivity contribution in [3.8, 4) is 0 Å². The summed E-state index contributed by atoms with van der Waals surface area (Å²) < 4.78 is 2.02. The van der Waals surface area contributed by atoms with Crippen molar-refractivity contribution in [2.24, 2.45) is 0 Å². The minimum atomic E-state index is -0.0822. The molecule has 128 valence electrons. The van der Waals surface area contributed by atoms with Crippen molar-refractivity contribution in [1.29, 1.82) is 0 Å². The van der Waals surface area contributed by atoms with E-state index in [2.05, 4.69) is 26.4 Å². The molecule has 0 radical (unpaired) electrons. The summed E-state index contributed by atoms with van der Waals surface area (Å²) in [4.78, 5) is 20.3. The van der Waals surface area contributed by atoms with E-state index < -0.39 is 0 Å². The Hall–Kier alpha value is -2.41. The Morgan fingerprint density at radius 1 is 1.38 bits per heavy atom. The highest BCUT2D eigenvalue weighted by Crippen LogP contribution is 2.21. The Morgan fingerprint density at radius 2 is 2.21 bits per heavy atom. The third-order valence-electron chi connectivity index (χ3n) is 4.18. The smallest absolute Gasteiger partial charge is 0.316 e. The molecule has 0 saturated carbocycles. The quantitative estimate of drug-likeness (QED) is 0.922. The Labute approximate surface area is 142 Å². The number of carbonyl (C=O) groups is 1. The van der Waals surface area contributed by atoms with Gasteiger partial charge in [-0.25, -0.2) is 4.79 Å². The number of hydrogen-bond donors (Lipinski definition) is 1. The maximum Gasteiger partial charge on any atom is 0.316 e. The molecule has 0 bridgehead atoms. The van der Waals surface area contributed by atoms with Crippen molar-refractivity contribution in [3.63, 3.8) is 0 Å². The van der Waals surface area contributed by atoms with Gasteiger partial charge in [0.1, 0.15) is 0 Å². The second-order valence-corrected chi connectivity index (χ2v) is 6.44. The molecule has 1 aliphatic heterocycles. The van der Waals surface area contributed by atoms with Gasteiger partial charge in [-0.3, -0.25) is 14.6 Å². The van der Waals surface area contributed by atoms with Crippen molar-refractivity contribution in [2.75, 3.05) is 27.2 Å². The number of nitrogens with one attached hydrogen (secondary N) is 1. The molecule has 0 saturated heterocycles. The number of aryl methyl sites for hydroxylation is 1. The van der Waals surface area contributed by atoms with Gasteiger partial charge >= 0.3 is 6.03 Å². The highest BCUT2D eigenvalue weighted by molar-refractivity contribution is 5.73. The van der Waals surface area contributed by atoms with Crippen LogP contribution in [0.3, 0.4) is 0 Å². The summed E-state index contributed by atoms with van der Waals surface area (Å²) in [5.74, 6) is 0. The molecule has 1 atom stereocenters. The first-order chi connectivity index (χ1) is 11.5. The highest BCUT2D eigenvalue weighted by Gasteiger charge is 2.26. The van der Waals surface area contributed by atoms with Gasteiger partial charge in [0, 0.05) is 52.2 Å². The fraction of sp³-hybridized carbons (Fsp3) is 0.471. The van der Waals surface area contributed by atoms with E-state index in [0.29, 0.717) is 6.54 Å². The lowest BCUT2D eigenvalue weighted by molar-refractivity contribution is 0.160. The number of pyridine rings is 1. The third-order valence-corrected chi connectivity index (χ3v) is 4.18. The van der Waals surface area contributed by atoms with Crippen molar-refractivity contribution in [2.45, 2.75) is 26.1 Å². The monoisotopic (exact) mass is 328 g/mol. The minimum absolute atomic E-state index is 0.0822. The van der Waals surface area contributed by atoms with Crippen LogP contribution >= 0.6 is 0 Å². The topological polar surface area (TPSA) is 66.3 Å². The van der Waals surface area contributed by atoms with Gasteiger partial charge in [-0.15, -0.1) is 0 Å². The summed E-state index contributed by atoms with van der Waals surface area (Å²) in [6, 6.07) is 8.19. The predicted octanol–water partition coefficient (Wildman–Crippen LogP) is 1.41. The van der Waals surface area contributed by atoms with Gasteiger partial charge in [0.15, 0.2) is 0 Å². The normalized spacial score (nSPS) is 17.4. The predicted molar refractivity (Wildman–Crippen MR) is 91.4 cm³/mol. The molecule has 2 amide bonds. The molecule has 1 aliphatic rings. The van der Waals surface area contributed by atoms with Gasteiger partial charge in [0.05, 0.1) is 17.4 Å². The molecule has 2 aromatic heterocycles. The SMILES string of the molecule is Cc1cccc(CN2Cc3ccnn3[C@H](CNC(=O)N(C)C)C2)n1. The van der Waals surface area contributed by atoms with E-state index in [4.69, 9.17) is 0 Å². The van der Waals surface area contributed by atoms with Crippen LogP contribution in [0, 0.1) is 6.92 Å². The zero-order valence-electron chi connectivity index (χ0n) is 14.4. The van der Waals surface area contributed by atoms with Crippen LogP contribution in [0.5, 0.6) is 0 Å². The van der Waals surface area contributed by atoms with Crippen molar-refractivity contribution in [3.05, 3.63) is 47.5 Å². The molecule has 7 nitrogen and oxygen atoms in total. The number of hydrogen-bond acceptors (Lipinski definition) is 4. The second kappa shape index (κ2) is 7.00. The third kappa shape index (κ3) is 3.73. The minimum Gasteiger partial charge on any atom is -0.336 e. The van der Waals surface area contributed by atoms with Crippen LogP contribution < -0.4 is 5.32 Å². The van der Waals surface area contributed by atoms with E-state index in [0.717, 1.165) is 36.7 Å². The fourth-order valence-corrected chi connectivity index (χ4v) is 3.02. The lowest BCUT2D eigenvalue weighted by Gasteiger charge is -2.34. The standard InChI is InChI=1S/C17H24N6O/c1-13-5-4-6-14(20-13)10-22-11-15-7-8-19-23(15)16(12-22)9-18-17(24)21(2)3/h4-8,16H,9-12H2,1-3H3,(H,18,24)/t16-/m1/s1. The first-order valence-corrected chi connectivity index (χ1v) is 8.15. The number of amides is 2. The van der Waals surface area contributed by atoms with Crippen LogP contribution in [0.4, 0.5) is 4.79 Å². The summed E-state index contributed by atoms with van der Waals surface area (Å²) in [5, 5.41) is 7.39. The molecule has 0 aliphatic carbocycles. The summed E-state index contributed by atoms with van der Waals surface area (Å²) in [6.45, 7) is 5.04. The van der Waals surface area contributed by atoms with Crippen LogP contribution in [0.15, 0.2) is 30.5 Å². The molecule has 3 rings (SSSR count). The van der Waals surface area contributed by atoms with Crippen molar-refractivity contribution in [1.82, 2.24) is 29.9 Å². The highest BCUT2D eigenvalue weighted by atomic mass is 16.2. The molecule has 7 heteroatoms. The van der Waals surface area contributed by atoms with Crippen LogP contribution in [0.2, 0.25) is 0 Å². The number of fused-ring (bicyclic) bond motifs is 1. The fourth-order valence-electron chi connectivity index (χ4n) is 3.02. The number of carbonyl (C=O) groups excluding carboxylic acids is 1. The Bertz CT molecular complexity index is 711. The molecule has 1 N–H and O–H groups in total. The van der Waals surface area contributed by atoms with Gasteiger partial charge in [0.25, 0.3) is 0 Å². The molecule has 2 aromatic rings. The van der Waals surface area contributed by atoms with Crippen LogP contribution in [0.1, 0.15) is 23.1 Å². The van der Waals surface area contributed by atoms with Crippen LogP contribution in [0.25, 0.3) is 0 Å². The zero-order chi connectivity index (χ0) is 17.1. The first kappa shape index (κ1) is 16.4. The van der Waals surface area contributed by atoms with E-state index >= 15 is 0 Å². The molecule has 0 aromatic carbocycles. The summed E-state index contributed by atoms with van der Waals surface area (Å²) in [6.07, 6.45) is 1.82. The van der Waals surface area contributed by atoms with Gasteiger partial charge in [-0.1, -0.05) is 6.07 Å². The second-order valence-electron chi connectivity index (χ2n) is 6.44. The Morgan fingerprint density at radius 3 is 2.96 bits per heavy atom. The zero-order valence-corrected chi connectivity index (χ0v) is 14.4. The lowest BCUT2D eigenvalue weighted by Crippen LogP contribution is -2.44. The first-order valence-electron chi connectivity index (χ1n) is 8.15. The van der Waals surface area contributed by atoms with Crippen molar-refractivity contribution < 1.29 is 4.79 Å². The molecule has 24 heavy (non-hydrogen) atoms. The van der Waals surface area contributed by atoms with Gasteiger partial charge < -0.3 is 10.2 Å². The number of aromatic nitrogens is 3. The molecule has 3 heterocycles. The molecule has 0 fully saturated rings. The Kier molecular flexibility index (Phi) is 4.80. The average Bonchev–Trinajstić information content (AvgIpc) is 3.00. The average molecular weight is 328 g/mol. The number of urea groups is 1. The van der Waals surface area contributed by atoms with Gasteiger partial charge in [-0.05, 0) is 25.1 Å². The number of rotatable bonds is 4. The Balaban J connectivity index is 1.70. The van der Waals surface area contributed by atoms with Crippen LogP contribution in [-0.2, 0) is 13.1 Å².